The van der Waals surface area contributed by atoms with Crippen LogP contribution in [-0.2, 0) is 20.5 Å². The van der Waals surface area contributed by atoms with Crippen LogP contribution in [0.4, 0.5) is 11.5 Å². The van der Waals surface area contributed by atoms with E-state index in [1.54, 1.807) is 30.6 Å². The van der Waals surface area contributed by atoms with Crippen molar-refractivity contribution >= 4 is 33.0 Å². The van der Waals surface area contributed by atoms with Crippen molar-refractivity contribution in [2.45, 2.75) is 5.75 Å². The SMILES string of the molecule is O=C(c1ccccc1)c1nc2c(N3CCOCC3)nccn2c1-c1ccc2c(c1)CS(=O)(=O)N2. The standard InChI is InChI=1S/C24H21N5O4S/c30-22(16-4-2-1-3-5-16)20-21(17-6-7-19-18(14-17)15-34(31,32)27-19)29-9-8-25-23(24(29)26-20)28-10-12-33-13-11-28/h1-9,14,27H,10-13,15H2. The van der Waals surface area contributed by atoms with Crippen LogP contribution in [0.15, 0.2) is 60.9 Å². The van der Waals surface area contributed by atoms with Crippen molar-refractivity contribution in [3.8, 4) is 11.3 Å². The van der Waals surface area contributed by atoms with Gasteiger partial charge in [-0.3, -0.25) is 13.9 Å². The Morgan fingerprint density at radius 2 is 1.85 bits per heavy atom. The second-order valence-corrected chi connectivity index (χ2v) is 10.0. The second kappa shape index (κ2) is 7.93. The second-order valence-electron chi connectivity index (χ2n) is 8.28. The first kappa shape index (κ1) is 20.8. The highest BCUT2D eigenvalue weighted by molar-refractivity contribution is 7.92. The molecule has 0 unspecified atom stereocenters. The summed E-state index contributed by atoms with van der Waals surface area (Å²) in [6, 6.07) is 14.4. The highest BCUT2D eigenvalue weighted by Gasteiger charge is 2.28. The van der Waals surface area contributed by atoms with E-state index < -0.39 is 10.0 Å². The number of aromatic nitrogens is 3. The third kappa shape index (κ3) is 3.51. The fourth-order valence-corrected chi connectivity index (χ4v) is 5.75. The maximum Gasteiger partial charge on any atom is 0.237 e. The molecule has 9 nitrogen and oxygen atoms in total. The van der Waals surface area contributed by atoms with E-state index in [1.165, 1.54) is 0 Å². The predicted octanol–water partition coefficient (Wildman–Crippen LogP) is 2.72. The normalized spacial score (nSPS) is 16.9. The molecule has 4 heterocycles. The lowest BCUT2D eigenvalue weighted by molar-refractivity contribution is 0.103. The lowest BCUT2D eigenvalue weighted by Crippen LogP contribution is -2.37. The van der Waals surface area contributed by atoms with Crippen LogP contribution in [-0.4, -0.2) is 54.9 Å². The van der Waals surface area contributed by atoms with E-state index in [9.17, 15) is 13.2 Å². The van der Waals surface area contributed by atoms with Gasteiger partial charge in [-0.15, -0.1) is 0 Å². The smallest absolute Gasteiger partial charge is 0.237 e. The van der Waals surface area contributed by atoms with Gasteiger partial charge in [-0.05, 0) is 17.7 Å². The maximum atomic E-state index is 13.6. The van der Waals surface area contributed by atoms with Gasteiger partial charge in [0.1, 0.15) is 5.69 Å². The van der Waals surface area contributed by atoms with E-state index >= 15 is 0 Å². The van der Waals surface area contributed by atoms with E-state index in [4.69, 9.17) is 9.72 Å². The molecule has 0 saturated carbocycles. The zero-order valence-electron chi connectivity index (χ0n) is 18.1. The lowest BCUT2D eigenvalue weighted by atomic mass is 10.0. The van der Waals surface area contributed by atoms with Crippen LogP contribution in [0.25, 0.3) is 16.9 Å². The van der Waals surface area contributed by atoms with Gasteiger partial charge in [0.15, 0.2) is 11.5 Å². The van der Waals surface area contributed by atoms with Crippen molar-refractivity contribution in [2.75, 3.05) is 35.9 Å². The minimum Gasteiger partial charge on any atom is -0.378 e. The van der Waals surface area contributed by atoms with E-state index in [1.807, 2.05) is 34.7 Å². The zero-order valence-corrected chi connectivity index (χ0v) is 19.0. The molecular formula is C24H21N5O4S. The fourth-order valence-electron chi connectivity index (χ4n) is 4.49. The Hall–Kier alpha value is -3.76. The van der Waals surface area contributed by atoms with Crippen LogP contribution in [0.3, 0.4) is 0 Å². The Morgan fingerprint density at radius 1 is 1.06 bits per heavy atom. The number of imidazole rings is 1. The first-order valence-electron chi connectivity index (χ1n) is 10.9. The molecule has 6 rings (SSSR count). The minimum absolute atomic E-state index is 0.102. The van der Waals surface area contributed by atoms with Crippen LogP contribution in [0, 0.1) is 0 Å². The van der Waals surface area contributed by atoms with Crippen molar-refractivity contribution in [3.63, 3.8) is 0 Å². The number of nitrogens with one attached hydrogen (secondary N) is 1. The number of nitrogens with zero attached hydrogens (tertiary/aromatic N) is 4. The Balaban J connectivity index is 1.57. The number of rotatable bonds is 4. The Morgan fingerprint density at radius 3 is 2.65 bits per heavy atom. The number of morpholine rings is 1. The number of sulfonamides is 1. The Kier molecular flexibility index (Phi) is 4.85. The van der Waals surface area contributed by atoms with E-state index in [0.717, 1.165) is 0 Å². The van der Waals surface area contributed by atoms with Gasteiger partial charge in [0.05, 0.1) is 30.3 Å². The quantitative estimate of drug-likeness (QED) is 0.453. The van der Waals surface area contributed by atoms with E-state index in [-0.39, 0.29) is 11.5 Å². The number of carbonyl (C=O) groups is 1. The first-order chi connectivity index (χ1) is 16.5. The third-order valence-corrected chi connectivity index (χ3v) is 7.30. The van der Waals surface area contributed by atoms with Crippen molar-refractivity contribution in [3.05, 3.63) is 77.7 Å². The molecule has 0 spiro atoms. The molecule has 0 aliphatic carbocycles. The van der Waals surface area contributed by atoms with Crippen molar-refractivity contribution < 1.29 is 17.9 Å². The maximum absolute atomic E-state index is 13.6. The number of hydrogen-bond donors (Lipinski definition) is 1. The Bertz CT molecular complexity index is 1530. The number of carbonyl (C=O) groups excluding carboxylic acids is 1. The molecule has 172 valence electrons. The number of ketones is 1. The van der Waals surface area contributed by atoms with Crippen LogP contribution < -0.4 is 9.62 Å². The summed E-state index contributed by atoms with van der Waals surface area (Å²) >= 11 is 0. The molecule has 4 aromatic rings. The van der Waals surface area contributed by atoms with Crippen LogP contribution >= 0.6 is 0 Å². The van der Waals surface area contributed by atoms with Gasteiger partial charge in [-0.25, -0.2) is 18.4 Å². The van der Waals surface area contributed by atoms with Crippen LogP contribution in [0.5, 0.6) is 0 Å². The molecule has 0 bridgehead atoms. The molecule has 0 atom stereocenters. The average Bonchev–Trinajstić information content (AvgIpc) is 3.40. The molecule has 10 heteroatoms. The Labute approximate surface area is 196 Å². The predicted molar refractivity (Wildman–Crippen MR) is 128 cm³/mol. The van der Waals surface area contributed by atoms with Gasteiger partial charge >= 0.3 is 0 Å². The van der Waals surface area contributed by atoms with Gasteiger partial charge in [0.2, 0.25) is 15.8 Å². The summed E-state index contributed by atoms with van der Waals surface area (Å²) in [6.45, 7) is 2.55. The third-order valence-electron chi connectivity index (χ3n) is 6.07. The molecule has 1 N–H and O–H groups in total. The van der Waals surface area contributed by atoms with Crippen molar-refractivity contribution in [1.29, 1.82) is 0 Å². The van der Waals surface area contributed by atoms with E-state index in [0.29, 0.717) is 71.5 Å². The van der Waals surface area contributed by atoms with Gasteiger partial charge in [-0.2, -0.15) is 0 Å². The molecule has 2 aromatic carbocycles. The number of fused-ring (bicyclic) bond motifs is 2. The highest BCUT2D eigenvalue weighted by Crippen LogP contribution is 2.35. The highest BCUT2D eigenvalue weighted by atomic mass is 32.2. The minimum atomic E-state index is -3.39. The molecule has 2 aliphatic rings. The molecule has 0 radical (unpaired) electrons. The summed E-state index contributed by atoms with van der Waals surface area (Å²) in [5.41, 5.74) is 3.93. The number of benzene rings is 2. The zero-order chi connectivity index (χ0) is 23.3. The molecule has 1 saturated heterocycles. The van der Waals surface area contributed by atoms with Gasteiger partial charge in [0.25, 0.3) is 0 Å². The number of ether oxygens (including phenoxy) is 1. The molecule has 0 amide bonds. The van der Waals surface area contributed by atoms with Gasteiger partial charge < -0.3 is 9.64 Å². The number of anilines is 2. The monoisotopic (exact) mass is 475 g/mol. The largest absolute Gasteiger partial charge is 0.378 e. The molecule has 34 heavy (non-hydrogen) atoms. The van der Waals surface area contributed by atoms with Gasteiger partial charge in [-0.1, -0.05) is 36.4 Å². The van der Waals surface area contributed by atoms with E-state index in [2.05, 4.69) is 14.6 Å². The fraction of sp³-hybridized carbons (Fsp3) is 0.208. The molecular weight excluding hydrogens is 454 g/mol. The van der Waals surface area contributed by atoms with Crippen LogP contribution in [0.2, 0.25) is 0 Å². The van der Waals surface area contributed by atoms with Gasteiger partial charge in [0, 0.05) is 36.6 Å². The summed E-state index contributed by atoms with van der Waals surface area (Å²) in [4.78, 5) is 25.1. The summed E-state index contributed by atoms with van der Waals surface area (Å²) in [7, 11) is -3.39. The molecule has 2 aliphatic heterocycles. The summed E-state index contributed by atoms with van der Waals surface area (Å²) in [5, 5.41) is 0. The first-order valence-corrected chi connectivity index (χ1v) is 12.6. The average molecular weight is 476 g/mol. The topological polar surface area (TPSA) is 106 Å². The lowest BCUT2D eigenvalue weighted by Gasteiger charge is -2.27. The number of hydrogen-bond acceptors (Lipinski definition) is 7. The summed E-state index contributed by atoms with van der Waals surface area (Å²) in [5.74, 6) is 0.373. The van der Waals surface area contributed by atoms with Crippen LogP contribution in [0.1, 0.15) is 21.6 Å². The molecule has 2 aromatic heterocycles. The summed E-state index contributed by atoms with van der Waals surface area (Å²) in [6.07, 6.45) is 3.48. The summed E-state index contributed by atoms with van der Waals surface area (Å²) < 4.78 is 34.0. The molecule has 1 fully saturated rings. The van der Waals surface area contributed by atoms with Crippen molar-refractivity contribution in [2.24, 2.45) is 0 Å². The van der Waals surface area contributed by atoms with Crippen molar-refractivity contribution in [1.82, 2.24) is 14.4 Å².